The number of hydrogen-bond acceptors (Lipinski definition) is 2. The molecule has 1 N–H and O–H groups in total. The van der Waals surface area contributed by atoms with E-state index in [1.165, 1.54) is 37.7 Å². The van der Waals surface area contributed by atoms with Gasteiger partial charge in [0.15, 0.2) is 0 Å². The largest absolute Gasteiger partial charge is 0.314 e. The highest BCUT2D eigenvalue weighted by molar-refractivity contribution is 5.11. The molecule has 2 heteroatoms. The topological polar surface area (TPSA) is 24.9 Å². The Morgan fingerprint density at radius 2 is 2.12 bits per heavy atom. The first-order valence-corrected chi connectivity index (χ1v) is 6.52. The van der Waals surface area contributed by atoms with Crippen molar-refractivity contribution in [2.45, 2.75) is 45.1 Å². The van der Waals surface area contributed by atoms with Gasteiger partial charge in [0.25, 0.3) is 0 Å². The van der Waals surface area contributed by atoms with E-state index in [-0.39, 0.29) is 0 Å². The minimum absolute atomic E-state index is 0.744. The molecule has 1 aliphatic rings. The summed E-state index contributed by atoms with van der Waals surface area (Å²) in [4.78, 5) is 4.07. The van der Waals surface area contributed by atoms with Crippen molar-refractivity contribution in [3.05, 3.63) is 30.1 Å². The van der Waals surface area contributed by atoms with Crippen LogP contribution in [-0.2, 0) is 6.42 Å². The minimum Gasteiger partial charge on any atom is -0.314 e. The summed E-state index contributed by atoms with van der Waals surface area (Å²) >= 11 is 0. The highest BCUT2D eigenvalue weighted by Crippen LogP contribution is 2.28. The molecule has 2 nitrogen and oxygen atoms in total. The van der Waals surface area contributed by atoms with Crippen molar-refractivity contribution >= 4 is 0 Å². The van der Waals surface area contributed by atoms with Crippen LogP contribution in [0.3, 0.4) is 0 Å². The zero-order valence-corrected chi connectivity index (χ0v) is 10.2. The van der Waals surface area contributed by atoms with E-state index in [4.69, 9.17) is 0 Å². The van der Waals surface area contributed by atoms with Crippen molar-refractivity contribution in [1.82, 2.24) is 10.3 Å². The van der Waals surface area contributed by atoms with E-state index < -0.39 is 0 Å². The second kappa shape index (κ2) is 6.00. The Morgan fingerprint density at radius 3 is 2.88 bits per heavy atom. The smallest absolute Gasteiger partial charge is 0.0270 e. The first kappa shape index (κ1) is 11.6. The van der Waals surface area contributed by atoms with Gasteiger partial charge in [-0.1, -0.05) is 13.3 Å². The molecule has 0 bridgehead atoms. The highest BCUT2D eigenvalue weighted by atomic mass is 14.9. The van der Waals surface area contributed by atoms with E-state index in [0.29, 0.717) is 0 Å². The van der Waals surface area contributed by atoms with E-state index in [1.54, 1.807) is 0 Å². The number of hydrogen-bond donors (Lipinski definition) is 1. The number of rotatable bonds is 5. The summed E-state index contributed by atoms with van der Waals surface area (Å²) in [6.45, 7) is 3.40. The molecular weight excluding hydrogens is 196 g/mol. The molecule has 0 saturated heterocycles. The third-order valence-electron chi connectivity index (χ3n) is 3.56. The fourth-order valence-corrected chi connectivity index (χ4v) is 2.70. The SMILES string of the molecule is CCCNC1CCCC1Cc1ccncc1. The molecule has 1 heterocycles. The fourth-order valence-electron chi connectivity index (χ4n) is 2.70. The average Bonchev–Trinajstić information content (AvgIpc) is 2.75. The minimum atomic E-state index is 0.744. The van der Waals surface area contributed by atoms with E-state index in [9.17, 15) is 0 Å². The summed E-state index contributed by atoms with van der Waals surface area (Å²) in [7, 11) is 0. The predicted molar refractivity (Wildman–Crippen MR) is 67.4 cm³/mol. The van der Waals surface area contributed by atoms with Crippen LogP contribution in [-0.4, -0.2) is 17.6 Å². The number of nitrogens with one attached hydrogen (secondary N) is 1. The number of nitrogens with zero attached hydrogens (tertiary/aromatic N) is 1. The summed E-state index contributed by atoms with van der Waals surface area (Å²) in [6.07, 6.45) is 10.4. The Bertz CT molecular complexity index is 297. The Labute approximate surface area is 98.5 Å². The first-order valence-electron chi connectivity index (χ1n) is 6.52. The van der Waals surface area contributed by atoms with Gasteiger partial charge >= 0.3 is 0 Å². The molecule has 1 saturated carbocycles. The van der Waals surface area contributed by atoms with Crippen LogP contribution in [0.15, 0.2) is 24.5 Å². The molecule has 0 radical (unpaired) electrons. The maximum atomic E-state index is 4.07. The molecule has 1 aliphatic carbocycles. The lowest BCUT2D eigenvalue weighted by atomic mass is 9.95. The lowest BCUT2D eigenvalue weighted by Gasteiger charge is -2.20. The van der Waals surface area contributed by atoms with Crippen molar-refractivity contribution in [1.29, 1.82) is 0 Å². The molecular formula is C14H22N2. The van der Waals surface area contributed by atoms with E-state index in [1.807, 2.05) is 12.4 Å². The van der Waals surface area contributed by atoms with Crippen LogP contribution in [0.2, 0.25) is 0 Å². The van der Waals surface area contributed by atoms with Gasteiger partial charge in [-0.3, -0.25) is 4.98 Å². The van der Waals surface area contributed by atoms with E-state index in [0.717, 1.165) is 18.5 Å². The average molecular weight is 218 g/mol. The van der Waals surface area contributed by atoms with Gasteiger partial charge in [-0.25, -0.2) is 0 Å². The fraction of sp³-hybridized carbons (Fsp3) is 0.643. The molecule has 2 unspecified atom stereocenters. The molecule has 2 atom stereocenters. The summed E-state index contributed by atoms with van der Waals surface area (Å²) < 4.78 is 0. The molecule has 2 rings (SSSR count). The van der Waals surface area contributed by atoms with Crippen molar-refractivity contribution in [2.24, 2.45) is 5.92 Å². The second-order valence-corrected chi connectivity index (χ2v) is 4.81. The van der Waals surface area contributed by atoms with Crippen LogP contribution >= 0.6 is 0 Å². The normalized spacial score (nSPS) is 24.8. The maximum Gasteiger partial charge on any atom is 0.0270 e. The Balaban J connectivity index is 1.88. The number of aromatic nitrogens is 1. The van der Waals surface area contributed by atoms with Gasteiger partial charge < -0.3 is 5.32 Å². The van der Waals surface area contributed by atoms with E-state index in [2.05, 4.69) is 29.4 Å². The molecule has 1 aromatic heterocycles. The van der Waals surface area contributed by atoms with Crippen molar-refractivity contribution in [2.75, 3.05) is 6.54 Å². The maximum absolute atomic E-state index is 4.07. The second-order valence-electron chi connectivity index (χ2n) is 4.81. The monoisotopic (exact) mass is 218 g/mol. The standard InChI is InChI=1S/C14H22N2/c1-2-8-16-14-5-3-4-13(14)11-12-6-9-15-10-7-12/h6-7,9-10,13-14,16H,2-5,8,11H2,1H3. The first-order chi connectivity index (χ1) is 7.90. The highest BCUT2D eigenvalue weighted by Gasteiger charge is 2.26. The molecule has 1 fully saturated rings. The van der Waals surface area contributed by atoms with Crippen molar-refractivity contribution in [3.63, 3.8) is 0 Å². The number of pyridine rings is 1. The molecule has 16 heavy (non-hydrogen) atoms. The van der Waals surface area contributed by atoms with Crippen molar-refractivity contribution < 1.29 is 0 Å². The van der Waals surface area contributed by atoms with Gasteiger partial charge in [0.2, 0.25) is 0 Å². The molecule has 0 amide bonds. The van der Waals surface area contributed by atoms with Crippen LogP contribution in [0.1, 0.15) is 38.2 Å². The van der Waals surface area contributed by atoms with Crippen molar-refractivity contribution in [3.8, 4) is 0 Å². The zero-order valence-electron chi connectivity index (χ0n) is 10.2. The summed E-state index contributed by atoms with van der Waals surface area (Å²) in [6, 6.07) is 5.04. The van der Waals surface area contributed by atoms with Gasteiger partial charge in [0.05, 0.1) is 0 Å². The summed E-state index contributed by atoms with van der Waals surface area (Å²) in [5.41, 5.74) is 1.44. The molecule has 0 spiro atoms. The van der Waals surface area contributed by atoms with E-state index >= 15 is 0 Å². The van der Waals surface area contributed by atoms with Crippen LogP contribution in [0, 0.1) is 5.92 Å². The van der Waals surface area contributed by atoms with Crippen LogP contribution in [0.4, 0.5) is 0 Å². The quantitative estimate of drug-likeness (QED) is 0.822. The van der Waals surface area contributed by atoms with Gasteiger partial charge in [0.1, 0.15) is 0 Å². The van der Waals surface area contributed by atoms with Gasteiger partial charge in [-0.05, 0) is 55.8 Å². The summed E-state index contributed by atoms with van der Waals surface area (Å²) in [5.74, 6) is 0.828. The lowest BCUT2D eigenvalue weighted by Crippen LogP contribution is -2.33. The summed E-state index contributed by atoms with van der Waals surface area (Å²) in [5, 5.41) is 3.69. The Hall–Kier alpha value is -0.890. The Morgan fingerprint density at radius 1 is 1.31 bits per heavy atom. The van der Waals surface area contributed by atoms with Gasteiger partial charge in [0, 0.05) is 18.4 Å². The van der Waals surface area contributed by atoms with Gasteiger partial charge in [-0.2, -0.15) is 0 Å². The van der Waals surface area contributed by atoms with Crippen LogP contribution < -0.4 is 5.32 Å². The zero-order chi connectivity index (χ0) is 11.2. The lowest BCUT2D eigenvalue weighted by molar-refractivity contribution is 0.399. The predicted octanol–water partition coefficient (Wildman–Crippen LogP) is 2.79. The van der Waals surface area contributed by atoms with Gasteiger partial charge in [-0.15, -0.1) is 0 Å². The third kappa shape index (κ3) is 3.05. The van der Waals surface area contributed by atoms with Crippen LogP contribution in [0.5, 0.6) is 0 Å². The molecule has 1 aromatic rings. The van der Waals surface area contributed by atoms with Crippen LogP contribution in [0.25, 0.3) is 0 Å². The third-order valence-corrected chi connectivity index (χ3v) is 3.56. The molecule has 0 aliphatic heterocycles. The molecule has 0 aromatic carbocycles. The Kier molecular flexibility index (Phi) is 4.34. The molecule has 88 valence electrons.